The average molecular weight is 352 g/mol. The van der Waals surface area contributed by atoms with Crippen LogP contribution in [0.3, 0.4) is 0 Å². The Hall–Kier alpha value is -2.69. The molecule has 1 heterocycles. The molecule has 0 spiro atoms. The number of hydrogen-bond acceptors (Lipinski definition) is 3. The number of hydrogen-bond donors (Lipinski definition) is 0. The summed E-state index contributed by atoms with van der Waals surface area (Å²) in [4.78, 5) is 17.2. The van der Waals surface area contributed by atoms with Gasteiger partial charge in [0.1, 0.15) is 11.5 Å². The van der Waals surface area contributed by atoms with Crippen LogP contribution in [0.1, 0.15) is 24.0 Å². The number of urea groups is 1. The van der Waals surface area contributed by atoms with Crippen LogP contribution >= 0.6 is 0 Å². The van der Waals surface area contributed by atoms with Crippen molar-refractivity contribution in [2.75, 3.05) is 25.7 Å². The minimum atomic E-state index is 0.0855. The Morgan fingerprint density at radius 1 is 1.15 bits per heavy atom. The summed E-state index contributed by atoms with van der Waals surface area (Å²) in [5.41, 5.74) is 3.26. The molecule has 0 N–H and O–H groups in total. The number of fused-ring (bicyclic) bond motifs is 1. The number of methoxy groups -OCH3 is 2. The summed E-state index contributed by atoms with van der Waals surface area (Å²) in [5.74, 6) is 1.56. The Morgan fingerprint density at radius 2 is 1.96 bits per heavy atom. The Labute approximate surface area is 154 Å². The molecular formula is C21H24N2O3. The number of para-hydroxylation sites is 1. The van der Waals surface area contributed by atoms with Crippen LogP contribution in [0.25, 0.3) is 0 Å². The molecule has 1 saturated carbocycles. The van der Waals surface area contributed by atoms with Gasteiger partial charge in [-0.05, 0) is 49.1 Å². The highest BCUT2D eigenvalue weighted by atomic mass is 16.5. The van der Waals surface area contributed by atoms with E-state index in [-0.39, 0.29) is 6.03 Å². The number of rotatable bonds is 5. The van der Waals surface area contributed by atoms with Gasteiger partial charge in [0.15, 0.2) is 0 Å². The van der Waals surface area contributed by atoms with E-state index in [1.54, 1.807) is 14.2 Å². The van der Waals surface area contributed by atoms with E-state index in [1.807, 2.05) is 46.2 Å². The third-order valence-corrected chi connectivity index (χ3v) is 5.18. The van der Waals surface area contributed by atoms with E-state index < -0.39 is 0 Å². The molecule has 1 fully saturated rings. The van der Waals surface area contributed by atoms with Gasteiger partial charge in [0.2, 0.25) is 0 Å². The summed E-state index contributed by atoms with van der Waals surface area (Å²) in [6.07, 6.45) is 3.05. The molecule has 0 bridgehead atoms. The second kappa shape index (κ2) is 6.90. The number of carbonyl (C=O) groups excluding carboxylic acids is 1. The molecule has 2 aromatic rings. The molecule has 0 saturated heterocycles. The van der Waals surface area contributed by atoms with Crippen molar-refractivity contribution in [3.05, 3.63) is 53.6 Å². The van der Waals surface area contributed by atoms with Crippen molar-refractivity contribution >= 4 is 11.7 Å². The van der Waals surface area contributed by atoms with Crippen LogP contribution in [0.15, 0.2) is 42.5 Å². The van der Waals surface area contributed by atoms with Crippen molar-refractivity contribution < 1.29 is 14.3 Å². The van der Waals surface area contributed by atoms with E-state index in [0.29, 0.717) is 12.6 Å². The molecule has 136 valence electrons. The molecule has 0 radical (unpaired) electrons. The third-order valence-electron chi connectivity index (χ3n) is 5.18. The van der Waals surface area contributed by atoms with Gasteiger partial charge in [0, 0.05) is 23.8 Å². The molecule has 26 heavy (non-hydrogen) atoms. The second-order valence-electron chi connectivity index (χ2n) is 6.85. The molecule has 0 atom stereocenters. The van der Waals surface area contributed by atoms with Gasteiger partial charge in [-0.3, -0.25) is 4.90 Å². The molecule has 2 aromatic carbocycles. The van der Waals surface area contributed by atoms with Gasteiger partial charge in [-0.15, -0.1) is 0 Å². The molecule has 0 unspecified atom stereocenters. The van der Waals surface area contributed by atoms with Crippen LogP contribution in [0.2, 0.25) is 0 Å². The third kappa shape index (κ3) is 3.09. The lowest BCUT2D eigenvalue weighted by Gasteiger charge is -2.29. The van der Waals surface area contributed by atoms with Crippen LogP contribution in [0.4, 0.5) is 10.5 Å². The highest BCUT2D eigenvalue weighted by Crippen LogP contribution is 2.35. The highest BCUT2D eigenvalue weighted by molar-refractivity contribution is 5.94. The zero-order chi connectivity index (χ0) is 18.1. The number of amides is 2. The molecule has 2 amide bonds. The first kappa shape index (κ1) is 16.8. The van der Waals surface area contributed by atoms with Crippen LogP contribution in [-0.4, -0.2) is 37.7 Å². The Morgan fingerprint density at radius 3 is 2.69 bits per heavy atom. The summed E-state index contributed by atoms with van der Waals surface area (Å²) >= 11 is 0. The summed E-state index contributed by atoms with van der Waals surface area (Å²) < 4.78 is 10.8. The predicted molar refractivity (Wildman–Crippen MR) is 101 cm³/mol. The second-order valence-corrected chi connectivity index (χ2v) is 6.85. The Balaban J connectivity index is 1.60. The van der Waals surface area contributed by atoms with E-state index in [0.717, 1.165) is 48.6 Å². The van der Waals surface area contributed by atoms with Gasteiger partial charge in [0.05, 0.1) is 20.8 Å². The predicted octanol–water partition coefficient (Wildman–Crippen LogP) is 3.85. The van der Waals surface area contributed by atoms with E-state index in [2.05, 4.69) is 6.07 Å². The van der Waals surface area contributed by atoms with E-state index in [4.69, 9.17) is 9.47 Å². The molecule has 1 aliphatic carbocycles. The van der Waals surface area contributed by atoms with Crippen molar-refractivity contribution in [2.45, 2.75) is 31.8 Å². The lowest BCUT2D eigenvalue weighted by molar-refractivity contribution is 0.198. The van der Waals surface area contributed by atoms with Crippen LogP contribution in [0, 0.1) is 0 Å². The number of nitrogens with zero attached hydrogens (tertiary/aromatic N) is 2. The van der Waals surface area contributed by atoms with Gasteiger partial charge in [0.25, 0.3) is 0 Å². The first-order valence-corrected chi connectivity index (χ1v) is 9.08. The Kier molecular flexibility index (Phi) is 4.45. The zero-order valence-electron chi connectivity index (χ0n) is 15.3. The summed E-state index contributed by atoms with van der Waals surface area (Å²) in [7, 11) is 3.31. The van der Waals surface area contributed by atoms with Crippen LogP contribution in [0.5, 0.6) is 11.5 Å². The van der Waals surface area contributed by atoms with Gasteiger partial charge in [-0.2, -0.15) is 0 Å². The lowest BCUT2D eigenvalue weighted by atomic mass is 10.1. The van der Waals surface area contributed by atoms with Gasteiger partial charge >= 0.3 is 6.03 Å². The maximum atomic E-state index is 13.3. The standard InChI is InChI=1S/C21H24N2O3/c1-25-18-9-10-20(26-2)16(13-18)14-23(17-7-8-17)21(24)22-12-11-15-5-3-4-6-19(15)22/h3-6,9-10,13,17H,7-8,11-12,14H2,1-2H3. The van der Waals surface area contributed by atoms with E-state index in [1.165, 1.54) is 5.56 Å². The van der Waals surface area contributed by atoms with Crippen molar-refractivity contribution in [1.29, 1.82) is 0 Å². The largest absolute Gasteiger partial charge is 0.497 e. The minimum Gasteiger partial charge on any atom is -0.497 e. The first-order chi connectivity index (χ1) is 12.7. The summed E-state index contributed by atoms with van der Waals surface area (Å²) in [6, 6.07) is 14.3. The fourth-order valence-corrected chi connectivity index (χ4v) is 3.62. The van der Waals surface area contributed by atoms with Gasteiger partial charge in [-0.1, -0.05) is 18.2 Å². The number of anilines is 1. The molecule has 5 heteroatoms. The fraction of sp³-hybridized carbons (Fsp3) is 0.381. The van der Waals surface area contributed by atoms with Crippen molar-refractivity contribution in [1.82, 2.24) is 4.90 Å². The smallest absolute Gasteiger partial charge is 0.325 e. The van der Waals surface area contributed by atoms with Gasteiger partial charge in [-0.25, -0.2) is 4.79 Å². The zero-order valence-corrected chi connectivity index (χ0v) is 15.3. The van der Waals surface area contributed by atoms with Crippen molar-refractivity contribution in [3.63, 3.8) is 0 Å². The SMILES string of the molecule is COc1ccc(OC)c(CN(C(=O)N2CCc3ccccc32)C2CC2)c1. The maximum Gasteiger partial charge on any atom is 0.325 e. The molecule has 2 aliphatic rings. The summed E-state index contributed by atoms with van der Waals surface area (Å²) in [5, 5.41) is 0. The molecule has 5 nitrogen and oxygen atoms in total. The lowest BCUT2D eigenvalue weighted by Crippen LogP contribution is -2.43. The number of carbonyl (C=O) groups is 1. The topological polar surface area (TPSA) is 42.0 Å². The Bertz CT molecular complexity index is 817. The average Bonchev–Trinajstić information content (AvgIpc) is 3.43. The normalized spacial score (nSPS) is 15.5. The monoisotopic (exact) mass is 352 g/mol. The minimum absolute atomic E-state index is 0.0855. The number of ether oxygens (including phenoxy) is 2. The quantitative estimate of drug-likeness (QED) is 0.821. The van der Waals surface area contributed by atoms with E-state index in [9.17, 15) is 4.79 Å². The first-order valence-electron chi connectivity index (χ1n) is 9.08. The summed E-state index contributed by atoms with van der Waals surface area (Å²) in [6.45, 7) is 1.28. The van der Waals surface area contributed by atoms with Crippen molar-refractivity contribution in [3.8, 4) is 11.5 Å². The molecule has 1 aliphatic heterocycles. The number of benzene rings is 2. The fourth-order valence-electron chi connectivity index (χ4n) is 3.62. The van der Waals surface area contributed by atoms with E-state index >= 15 is 0 Å². The maximum absolute atomic E-state index is 13.3. The molecular weight excluding hydrogens is 328 g/mol. The molecule has 4 rings (SSSR count). The van der Waals surface area contributed by atoms with Crippen molar-refractivity contribution in [2.24, 2.45) is 0 Å². The van der Waals surface area contributed by atoms with Crippen LogP contribution < -0.4 is 14.4 Å². The molecule has 0 aromatic heterocycles. The van der Waals surface area contributed by atoms with Crippen LogP contribution in [-0.2, 0) is 13.0 Å². The van der Waals surface area contributed by atoms with Gasteiger partial charge < -0.3 is 14.4 Å². The highest BCUT2D eigenvalue weighted by Gasteiger charge is 2.37.